The van der Waals surface area contributed by atoms with E-state index in [0.29, 0.717) is 24.1 Å². The van der Waals surface area contributed by atoms with Crippen LogP contribution in [0.4, 0.5) is 13.2 Å². The Morgan fingerprint density at radius 1 is 1.24 bits per heavy atom. The summed E-state index contributed by atoms with van der Waals surface area (Å²) in [5, 5.41) is 0. The third-order valence-electron chi connectivity index (χ3n) is 5.62. The fourth-order valence-electron chi connectivity index (χ4n) is 3.48. The van der Waals surface area contributed by atoms with Crippen LogP contribution in [0.25, 0.3) is 0 Å². The maximum Gasteiger partial charge on any atom is 0.392 e. The first kappa shape index (κ1) is 21.1. The summed E-state index contributed by atoms with van der Waals surface area (Å²) < 4.78 is 38.8. The van der Waals surface area contributed by atoms with Gasteiger partial charge in [0.05, 0.1) is 5.92 Å². The highest BCUT2D eigenvalue weighted by atomic mass is 19.4. The van der Waals surface area contributed by atoms with Crippen molar-refractivity contribution in [3.05, 3.63) is 59.3 Å². The Hall–Kier alpha value is -2.57. The van der Waals surface area contributed by atoms with Gasteiger partial charge in [0.25, 0.3) is 5.91 Å². The van der Waals surface area contributed by atoms with E-state index in [1.807, 2.05) is 12.2 Å². The van der Waals surface area contributed by atoms with Crippen LogP contribution in [-0.2, 0) is 9.59 Å². The maximum atomic E-state index is 13.0. The molecule has 0 spiro atoms. The molecule has 2 unspecified atom stereocenters. The van der Waals surface area contributed by atoms with Gasteiger partial charge in [0.2, 0.25) is 5.91 Å². The predicted molar refractivity (Wildman–Crippen MR) is 104 cm³/mol. The van der Waals surface area contributed by atoms with Crippen LogP contribution in [0.15, 0.2) is 59.3 Å². The SMILES string of the molecule is CC(C1C=CC(C(=O)N(CC2=CC=C(C(N)=O)CC=C2)C2CC2)=CC1)C(F)(F)F. The molecule has 4 nitrogen and oxygen atoms in total. The van der Waals surface area contributed by atoms with Gasteiger partial charge in [-0.1, -0.05) is 49.5 Å². The number of rotatable bonds is 6. The lowest BCUT2D eigenvalue weighted by atomic mass is 9.86. The number of allylic oxidation sites excluding steroid dienone is 5. The molecule has 0 radical (unpaired) electrons. The summed E-state index contributed by atoms with van der Waals surface area (Å²) in [5.74, 6) is -2.73. The zero-order chi connectivity index (χ0) is 21.2. The van der Waals surface area contributed by atoms with Crippen LogP contribution in [-0.4, -0.2) is 35.5 Å². The van der Waals surface area contributed by atoms with Gasteiger partial charge in [-0.3, -0.25) is 9.59 Å². The van der Waals surface area contributed by atoms with Crippen LogP contribution in [0.2, 0.25) is 0 Å². The minimum atomic E-state index is -4.25. The van der Waals surface area contributed by atoms with E-state index in [2.05, 4.69) is 0 Å². The molecule has 3 rings (SSSR count). The summed E-state index contributed by atoms with van der Waals surface area (Å²) in [4.78, 5) is 26.1. The molecule has 2 atom stereocenters. The number of carbonyl (C=O) groups is 2. The van der Waals surface area contributed by atoms with Crippen molar-refractivity contribution in [2.45, 2.75) is 44.8 Å². The minimum Gasteiger partial charge on any atom is -0.366 e. The van der Waals surface area contributed by atoms with Crippen molar-refractivity contribution in [3.8, 4) is 0 Å². The Bertz CT molecular complexity index is 829. The molecule has 0 saturated heterocycles. The third-order valence-corrected chi connectivity index (χ3v) is 5.62. The van der Waals surface area contributed by atoms with Gasteiger partial charge in [-0.25, -0.2) is 0 Å². The second kappa shape index (κ2) is 8.43. The lowest BCUT2D eigenvalue weighted by Gasteiger charge is -2.27. The van der Waals surface area contributed by atoms with Crippen LogP contribution < -0.4 is 5.73 Å². The number of hydrogen-bond donors (Lipinski definition) is 1. The largest absolute Gasteiger partial charge is 0.392 e. The molecular formula is C22H25F3N2O2. The Morgan fingerprint density at radius 3 is 2.52 bits per heavy atom. The van der Waals surface area contributed by atoms with Crippen molar-refractivity contribution < 1.29 is 22.8 Å². The molecule has 0 aromatic rings. The quantitative estimate of drug-likeness (QED) is 0.725. The van der Waals surface area contributed by atoms with Gasteiger partial charge in [0.1, 0.15) is 0 Å². The Labute approximate surface area is 168 Å². The van der Waals surface area contributed by atoms with Gasteiger partial charge in [0, 0.05) is 23.7 Å². The zero-order valence-electron chi connectivity index (χ0n) is 16.3. The van der Waals surface area contributed by atoms with E-state index in [0.717, 1.165) is 18.4 Å². The molecule has 156 valence electrons. The van der Waals surface area contributed by atoms with Crippen molar-refractivity contribution >= 4 is 11.8 Å². The predicted octanol–water partition coefficient (Wildman–Crippen LogP) is 3.98. The number of carbonyl (C=O) groups excluding carboxylic acids is 2. The lowest BCUT2D eigenvalue weighted by molar-refractivity contribution is -0.178. The number of hydrogen-bond acceptors (Lipinski definition) is 2. The number of nitrogens with zero attached hydrogens (tertiary/aromatic N) is 1. The first-order valence-electron chi connectivity index (χ1n) is 9.79. The summed E-state index contributed by atoms with van der Waals surface area (Å²) in [6.07, 6.45) is 10.0. The first-order chi connectivity index (χ1) is 13.7. The van der Waals surface area contributed by atoms with Crippen LogP contribution in [0, 0.1) is 11.8 Å². The summed E-state index contributed by atoms with van der Waals surface area (Å²) in [7, 11) is 0. The van der Waals surface area contributed by atoms with Gasteiger partial charge in [-0.2, -0.15) is 13.2 Å². The third kappa shape index (κ3) is 5.28. The number of amides is 2. The molecule has 0 bridgehead atoms. The second-order valence-corrected chi connectivity index (χ2v) is 7.82. The van der Waals surface area contributed by atoms with Crippen molar-refractivity contribution in [1.29, 1.82) is 0 Å². The van der Waals surface area contributed by atoms with Crippen molar-refractivity contribution in [2.24, 2.45) is 17.6 Å². The van der Waals surface area contributed by atoms with E-state index in [1.165, 1.54) is 19.1 Å². The van der Waals surface area contributed by atoms with Gasteiger partial charge < -0.3 is 10.6 Å². The van der Waals surface area contributed by atoms with Crippen LogP contribution in [0.1, 0.15) is 32.6 Å². The second-order valence-electron chi connectivity index (χ2n) is 7.82. The number of primary amides is 1. The summed E-state index contributed by atoms with van der Waals surface area (Å²) in [6, 6.07) is 0.140. The number of nitrogens with two attached hydrogens (primary N) is 1. The molecule has 7 heteroatoms. The maximum absolute atomic E-state index is 13.0. The van der Waals surface area contributed by atoms with E-state index in [9.17, 15) is 22.8 Å². The van der Waals surface area contributed by atoms with Gasteiger partial charge in [-0.05, 0) is 37.2 Å². The Balaban J connectivity index is 1.69. The molecule has 1 fully saturated rings. The average molecular weight is 406 g/mol. The van der Waals surface area contributed by atoms with Crippen molar-refractivity contribution in [3.63, 3.8) is 0 Å². The summed E-state index contributed by atoms with van der Waals surface area (Å²) >= 11 is 0. The van der Waals surface area contributed by atoms with E-state index in [1.54, 1.807) is 23.1 Å². The van der Waals surface area contributed by atoms with Crippen molar-refractivity contribution in [2.75, 3.05) is 6.54 Å². The van der Waals surface area contributed by atoms with Crippen molar-refractivity contribution in [1.82, 2.24) is 4.90 Å². The molecule has 2 N–H and O–H groups in total. The van der Waals surface area contributed by atoms with Gasteiger partial charge in [-0.15, -0.1) is 0 Å². The molecule has 0 aromatic heterocycles. The highest BCUT2D eigenvalue weighted by Gasteiger charge is 2.41. The van der Waals surface area contributed by atoms with Crippen LogP contribution in [0.3, 0.4) is 0 Å². The molecule has 3 aliphatic rings. The highest BCUT2D eigenvalue weighted by Crippen LogP contribution is 2.37. The summed E-state index contributed by atoms with van der Waals surface area (Å²) in [5.41, 5.74) is 7.15. The fraction of sp³-hybridized carbons (Fsp3) is 0.455. The molecule has 3 aliphatic carbocycles. The average Bonchev–Trinajstić information content (AvgIpc) is 3.51. The fourth-order valence-corrected chi connectivity index (χ4v) is 3.48. The Morgan fingerprint density at radius 2 is 1.97 bits per heavy atom. The summed E-state index contributed by atoms with van der Waals surface area (Å²) in [6.45, 7) is 1.56. The first-order valence-corrected chi connectivity index (χ1v) is 9.79. The molecule has 29 heavy (non-hydrogen) atoms. The molecule has 0 aliphatic heterocycles. The van der Waals surface area contributed by atoms with E-state index in [-0.39, 0.29) is 18.4 Å². The topological polar surface area (TPSA) is 63.4 Å². The normalized spacial score (nSPS) is 22.9. The lowest BCUT2D eigenvalue weighted by Crippen LogP contribution is -2.36. The van der Waals surface area contributed by atoms with Gasteiger partial charge in [0.15, 0.2) is 0 Å². The molecule has 1 saturated carbocycles. The molecule has 2 amide bonds. The highest BCUT2D eigenvalue weighted by molar-refractivity contribution is 5.97. The Kier molecular flexibility index (Phi) is 6.15. The van der Waals surface area contributed by atoms with Crippen LogP contribution in [0.5, 0.6) is 0 Å². The molecular weight excluding hydrogens is 381 g/mol. The molecule has 0 aromatic carbocycles. The smallest absolute Gasteiger partial charge is 0.366 e. The van der Waals surface area contributed by atoms with Gasteiger partial charge >= 0.3 is 6.18 Å². The zero-order valence-corrected chi connectivity index (χ0v) is 16.3. The number of alkyl halides is 3. The van der Waals surface area contributed by atoms with E-state index >= 15 is 0 Å². The minimum absolute atomic E-state index is 0.140. The van der Waals surface area contributed by atoms with E-state index < -0.39 is 23.9 Å². The standard InChI is InChI=1S/C22H25F3N2O2/c1-14(22(23,24)25)16-7-9-18(10-8-16)21(29)27(19-11-12-19)13-15-3-2-4-17(6-5-15)20(26)28/h2-3,5-7,9-10,14,16,19H,4,8,11-13H2,1H3,(H2,26,28). The monoisotopic (exact) mass is 406 g/mol. The van der Waals surface area contributed by atoms with E-state index in [4.69, 9.17) is 5.73 Å². The number of halogens is 3. The molecule has 0 heterocycles. The van der Waals surface area contributed by atoms with Crippen LogP contribution >= 0.6 is 0 Å².